The highest BCUT2D eigenvalue weighted by Crippen LogP contribution is 1.97. The van der Waals surface area contributed by atoms with E-state index in [0.29, 0.717) is 19.6 Å². The molecular weight excluding hydrogens is 116 g/mol. The van der Waals surface area contributed by atoms with Crippen molar-refractivity contribution in [1.82, 2.24) is 0 Å². The Labute approximate surface area is 57.2 Å². The molecule has 0 aromatic heterocycles. The van der Waals surface area contributed by atoms with E-state index in [0.717, 1.165) is 0 Å². The Balaban J connectivity index is 3.18. The van der Waals surface area contributed by atoms with Gasteiger partial charge in [0.25, 0.3) is 0 Å². The van der Waals surface area contributed by atoms with E-state index in [2.05, 4.69) is 6.92 Å². The van der Waals surface area contributed by atoms with Crippen LogP contribution in [0.2, 0.25) is 0 Å². The van der Waals surface area contributed by atoms with Crippen LogP contribution in [0, 0.1) is 6.92 Å². The number of hydrogen-bond acceptors (Lipinski definition) is 2. The van der Waals surface area contributed by atoms with Crippen molar-refractivity contribution in [2.45, 2.75) is 26.6 Å². The van der Waals surface area contributed by atoms with Gasteiger partial charge in [0.05, 0.1) is 0 Å². The minimum absolute atomic E-state index is 0.0972. The Morgan fingerprint density at radius 3 is 1.89 bits per heavy atom. The highest BCUT2D eigenvalue weighted by molar-refractivity contribution is 4.44. The normalized spacial score (nSPS) is 10.7. The molecule has 0 unspecified atom stereocenters. The van der Waals surface area contributed by atoms with Crippen molar-refractivity contribution >= 4 is 0 Å². The van der Waals surface area contributed by atoms with Gasteiger partial charge in [-0.2, -0.15) is 0 Å². The van der Waals surface area contributed by atoms with Crippen molar-refractivity contribution in [1.29, 1.82) is 0 Å². The van der Waals surface area contributed by atoms with Crippen molar-refractivity contribution in [2.75, 3.05) is 13.2 Å². The molecule has 0 spiro atoms. The fourth-order valence-electron chi connectivity index (χ4n) is 0.587. The molecule has 0 N–H and O–H groups in total. The highest BCUT2D eigenvalue weighted by atomic mass is 16.7. The first-order chi connectivity index (χ1) is 4.35. The van der Waals surface area contributed by atoms with E-state index in [1.165, 1.54) is 0 Å². The van der Waals surface area contributed by atoms with Gasteiger partial charge in [-0.3, -0.25) is 0 Å². The van der Waals surface area contributed by atoms with Gasteiger partial charge in [0.15, 0.2) is 0 Å². The summed E-state index contributed by atoms with van der Waals surface area (Å²) in [5.41, 5.74) is 0. The van der Waals surface area contributed by atoms with Gasteiger partial charge in [-0.15, -0.1) is 6.42 Å². The molecule has 0 atom stereocenters. The van der Waals surface area contributed by atoms with Crippen LogP contribution in [0.3, 0.4) is 0 Å². The lowest BCUT2D eigenvalue weighted by Gasteiger charge is -2.16. The van der Waals surface area contributed by atoms with Gasteiger partial charge in [0.1, 0.15) is 6.29 Å². The molecule has 0 fully saturated rings. The van der Waals surface area contributed by atoms with Crippen LogP contribution in [0.1, 0.15) is 20.3 Å². The molecule has 0 aliphatic carbocycles. The maximum Gasteiger partial charge on any atom is 0.130 e. The van der Waals surface area contributed by atoms with Gasteiger partial charge >= 0.3 is 0 Å². The zero-order valence-electron chi connectivity index (χ0n) is 6.22. The molecule has 2 heteroatoms. The fourth-order valence-corrected chi connectivity index (χ4v) is 0.587. The standard InChI is InChI=1S/C7H15O2/c1-4-7(8-5-2)9-6-3/h7H,1,4-6H2,2-3H3/q-1. The number of ether oxygens (including phenoxy) is 2. The Bertz CT molecular complexity index is 48.9. The molecule has 0 aromatic rings. The maximum absolute atomic E-state index is 5.15. The average Bonchev–Trinajstić information content (AvgIpc) is 1.88. The van der Waals surface area contributed by atoms with Gasteiger partial charge in [0.2, 0.25) is 0 Å². The summed E-state index contributed by atoms with van der Waals surface area (Å²) in [4.78, 5) is 0. The minimum atomic E-state index is -0.0972. The molecule has 56 valence electrons. The summed E-state index contributed by atoms with van der Waals surface area (Å²) in [6.45, 7) is 8.95. The van der Waals surface area contributed by atoms with Crippen molar-refractivity contribution in [3.05, 3.63) is 6.92 Å². The van der Waals surface area contributed by atoms with Crippen LogP contribution in [-0.4, -0.2) is 19.5 Å². The molecule has 2 nitrogen and oxygen atoms in total. The predicted molar refractivity (Wildman–Crippen MR) is 37.0 cm³/mol. The Hall–Kier alpha value is -0.0800. The molecule has 9 heavy (non-hydrogen) atoms. The van der Waals surface area contributed by atoms with Crippen LogP contribution in [0.5, 0.6) is 0 Å². The molecule has 0 rings (SSSR count). The first kappa shape index (κ1) is 8.92. The van der Waals surface area contributed by atoms with E-state index in [-0.39, 0.29) is 6.29 Å². The lowest BCUT2D eigenvalue weighted by molar-refractivity contribution is -0.133. The molecule has 0 amide bonds. The summed E-state index contributed by atoms with van der Waals surface area (Å²) < 4.78 is 10.3. The molecule has 0 aromatic carbocycles. The van der Waals surface area contributed by atoms with E-state index >= 15 is 0 Å². The summed E-state index contributed by atoms with van der Waals surface area (Å²) in [6.07, 6.45) is 0.585. The monoisotopic (exact) mass is 131 g/mol. The summed E-state index contributed by atoms with van der Waals surface area (Å²) in [5.74, 6) is 0. The molecular formula is C7H15O2-. The highest BCUT2D eigenvalue weighted by Gasteiger charge is 1.97. The second-order valence-electron chi connectivity index (χ2n) is 1.63. The third-order valence-corrected chi connectivity index (χ3v) is 0.941. The van der Waals surface area contributed by atoms with Crippen molar-refractivity contribution in [3.63, 3.8) is 0 Å². The minimum Gasteiger partial charge on any atom is -0.356 e. The summed E-state index contributed by atoms with van der Waals surface area (Å²) in [6, 6.07) is 0. The number of rotatable bonds is 5. The first-order valence-electron chi connectivity index (χ1n) is 3.37. The predicted octanol–water partition coefficient (Wildman–Crippen LogP) is 1.61. The van der Waals surface area contributed by atoms with Gasteiger partial charge in [-0.25, -0.2) is 0 Å². The van der Waals surface area contributed by atoms with E-state index in [1.54, 1.807) is 0 Å². The van der Waals surface area contributed by atoms with Crippen molar-refractivity contribution in [2.24, 2.45) is 0 Å². The molecule has 0 saturated heterocycles. The van der Waals surface area contributed by atoms with Gasteiger partial charge < -0.3 is 16.4 Å². The van der Waals surface area contributed by atoms with Crippen LogP contribution in [0.25, 0.3) is 0 Å². The van der Waals surface area contributed by atoms with E-state index in [9.17, 15) is 0 Å². The van der Waals surface area contributed by atoms with Crippen LogP contribution in [0.4, 0.5) is 0 Å². The third-order valence-electron chi connectivity index (χ3n) is 0.941. The zero-order valence-corrected chi connectivity index (χ0v) is 6.22. The van der Waals surface area contributed by atoms with E-state index in [4.69, 9.17) is 9.47 Å². The Morgan fingerprint density at radius 1 is 1.22 bits per heavy atom. The topological polar surface area (TPSA) is 18.5 Å². The molecule has 0 aliphatic heterocycles. The third kappa shape index (κ3) is 4.43. The quantitative estimate of drug-likeness (QED) is 0.417. The smallest absolute Gasteiger partial charge is 0.130 e. The van der Waals surface area contributed by atoms with E-state index < -0.39 is 0 Å². The molecule has 0 aliphatic rings. The first-order valence-corrected chi connectivity index (χ1v) is 3.37. The summed E-state index contributed by atoms with van der Waals surface area (Å²) in [7, 11) is 0. The van der Waals surface area contributed by atoms with Gasteiger partial charge in [0, 0.05) is 13.2 Å². The maximum atomic E-state index is 5.15. The van der Waals surface area contributed by atoms with Crippen LogP contribution < -0.4 is 0 Å². The molecule has 0 radical (unpaired) electrons. The zero-order chi connectivity index (χ0) is 7.11. The van der Waals surface area contributed by atoms with Gasteiger partial charge in [-0.1, -0.05) is 0 Å². The molecule has 0 saturated carbocycles. The van der Waals surface area contributed by atoms with Crippen molar-refractivity contribution in [3.8, 4) is 0 Å². The Morgan fingerprint density at radius 2 is 1.67 bits per heavy atom. The van der Waals surface area contributed by atoms with Crippen molar-refractivity contribution < 1.29 is 9.47 Å². The lowest BCUT2D eigenvalue weighted by atomic mass is 10.5. The second-order valence-corrected chi connectivity index (χ2v) is 1.63. The van der Waals surface area contributed by atoms with Gasteiger partial charge in [-0.05, 0) is 13.8 Å². The van der Waals surface area contributed by atoms with Crippen LogP contribution >= 0.6 is 0 Å². The van der Waals surface area contributed by atoms with E-state index in [1.807, 2.05) is 13.8 Å². The molecule has 0 heterocycles. The summed E-state index contributed by atoms with van der Waals surface area (Å²) >= 11 is 0. The average molecular weight is 131 g/mol. The number of hydrogen-bond donors (Lipinski definition) is 0. The van der Waals surface area contributed by atoms with Crippen LogP contribution in [0.15, 0.2) is 0 Å². The lowest BCUT2D eigenvalue weighted by Crippen LogP contribution is -2.15. The second kappa shape index (κ2) is 6.05. The SMILES string of the molecule is [CH2-]CC(OCC)OCC. The fraction of sp³-hybridized carbons (Fsp3) is 0.857. The van der Waals surface area contributed by atoms with Crippen LogP contribution in [-0.2, 0) is 9.47 Å². The summed E-state index contributed by atoms with van der Waals surface area (Å²) in [5, 5.41) is 0. The molecule has 0 bridgehead atoms. The largest absolute Gasteiger partial charge is 0.356 e. The Kier molecular flexibility index (Phi) is 5.99.